The molecule has 1 rings (SSSR count). The molecule has 0 amide bonds. The fourth-order valence-corrected chi connectivity index (χ4v) is 1.45. The van der Waals surface area contributed by atoms with Gasteiger partial charge in [0.25, 0.3) is 0 Å². The van der Waals surface area contributed by atoms with Gasteiger partial charge in [0.15, 0.2) is 11.1 Å². The molecular weight excluding hydrogens is 164 g/mol. The van der Waals surface area contributed by atoms with E-state index in [1.807, 2.05) is 13.8 Å². The normalized spacial score (nSPS) is 13.8. The van der Waals surface area contributed by atoms with E-state index in [1.165, 1.54) is 6.20 Å². The maximum atomic E-state index is 10.6. The van der Waals surface area contributed by atoms with Gasteiger partial charge in [-0.25, -0.2) is 4.21 Å². The second-order valence-electron chi connectivity index (χ2n) is 2.55. The molecule has 0 bridgehead atoms. The van der Waals surface area contributed by atoms with Crippen molar-refractivity contribution in [3.8, 4) is 0 Å². The largest absolute Gasteiger partial charge is 0.302 e. The summed E-state index contributed by atoms with van der Waals surface area (Å²) in [6, 6.07) is 0. The van der Waals surface area contributed by atoms with Crippen molar-refractivity contribution in [2.45, 2.75) is 24.7 Å². The number of aromatic nitrogens is 2. The van der Waals surface area contributed by atoms with Crippen molar-refractivity contribution in [2.24, 2.45) is 0 Å². The van der Waals surface area contributed by atoms with E-state index >= 15 is 0 Å². The molecule has 5 heteroatoms. The Morgan fingerprint density at radius 2 is 2.36 bits per heavy atom. The molecule has 0 saturated heterocycles. The Morgan fingerprint density at radius 3 is 2.73 bits per heavy atom. The number of hydrogen-bond donors (Lipinski definition) is 2. The van der Waals surface area contributed by atoms with Crippen LogP contribution in [0.2, 0.25) is 0 Å². The van der Waals surface area contributed by atoms with Crippen molar-refractivity contribution in [3.05, 3.63) is 11.9 Å². The van der Waals surface area contributed by atoms with Gasteiger partial charge in [-0.1, -0.05) is 13.8 Å². The summed E-state index contributed by atoms with van der Waals surface area (Å²) in [5.41, 5.74) is 0.728. The highest BCUT2D eigenvalue weighted by Crippen LogP contribution is 2.17. The summed E-state index contributed by atoms with van der Waals surface area (Å²) in [6.45, 7) is 3.87. The van der Waals surface area contributed by atoms with Crippen LogP contribution in [0.15, 0.2) is 11.1 Å². The maximum absolute atomic E-state index is 10.6. The highest BCUT2D eigenvalue weighted by atomic mass is 32.2. The van der Waals surface area contributed by atoms with E-state index in [4.69, 9.17) is 4.55 Å². The van der Waals surface area contributed by atoms with E-state index in [9.17, 15) is 4.21 Å². The first-order valence-electron chi connectivity index (χ1n) is 3.27. The van der Waals surface area contributed by atoms with Crippen LogP contribution in [0.1, 0.15) is 25.5 Å². The van der Waals surface area contributed by atoms with Crippen molar-refractivity contribution in [2.75, 3.05) is 0 Å². The molecule has 0 aliphatic carbocycles. The summed E-state index contributed by atoms with van der Waals surface area (Å²) in [5, 5.41) is 6.37. The molecule has 0 radical (unpaired) electrons. The molecule has 1 atom stereocenters. The lowest BCUT2D eigenvalue weighted by atomic mass is 10.1. The molecule has 2 N–H and O–H groups in total. The number of aromatic amines is 1. The average Bonchev–Trinajstić information content (AvgIpc) is 2.32. The fraction of sp³-hybridized carbons (Fsp3) is 0.500. The summed E-state index contributed by atoms with van der Waals surface area (Å²) in [4.78, 5) is 0.375. The van der Waals surface area contributed by atoms with Gasteiger partial charge in [0.1, 0.15) is 4.90 Å². The molecule has 0 fully saturated rings. The third kappa shape index (κ3) is 1.66. The van der Waals surface area contributed by atoms with E-state index < -0.39 is 11.1 Å². The minimum absolute atomic E-state index is 0.198. The van der Waals surface area contributed by atoms with E-state index in [-0.39, 0.29) is 5.92 Å². The Kier molecular flexibility index (Phi) is 2.41. The van der Waals surface area contributed by atoms with Crippen LogP contribution >= 0.6 is 0 Å². The Morgan fingerprint density at radius 1 is 1.73 bits per heavy atom. The Bertz CT molecular complexity index is 269. The van der Waals surface area contributed by atoms with Crippen molar-refractivity contribution in [3.63, 3.8) is 0 Å². The highest BCUT2D eigenvalue weighted by molar-refractivity contribution is 7.79. The van der Waals surface area contributed by atoms with Gasteiger partial charge in [0.2, 0.25) is 0 Å². The quantitative estimate of drug-likeness (QED) is 0.660. The van der Waals surface area contributed by atoms with Gasteiger partial charge in [-0.05, 0) is 5.92 Å². The van der Waals surface area contributed by atoms with E-state index in [0.717, 1.165) is 5.69 Å². The average molecular weight is 174 g/mol. The first-order valence-corrected chi connectivity index (χ1v) is 4.37. The van der Waals surface area contributed by atoms with Crippen LogP contribution in [0.4, 0.5) is 0 Å². The van der Waals surface area contributed by atoms with Crippen LogP contribution in [-0.4, -0.2) is 19.0 Å². The van der Waals surface area contributed by atoms with Gasteiger partial charge in [-0.3, -0.25) is 5.10 Å². The second-order valence-corrected chi connectivity index (χ2v) is 3.49. The lowest BCUT2D eigenvalue weighted by Gasteiger charge is -2.01. The van der Waals surface area contributed by atoms with Crippen LogP contribution in [0.25, 0.3) is 0 Å². The summed E-state index contributed by atoms with van der Waals surface area (Å²) < 4.78 is 19.4. The summed E-state index contributed by atoms with van der Waals surface area (Å²) >= 11 is -1.92. The van der Waals surface area contributed by atoms with Crippen LogP contribution in [0.3, 0.4) is 0 Å². The molecule has 0 aliphatic heterocycles. The minimum Gasteiger partial charge on any atom is -0.302 e. The standard InChI is InChI=1S/C6H10N2O2S/c1-4(2)6-5(11(9)10)3-7-8-6/h3-4H,1-2H3,(H,7,8)(H,9,10). The van der Waals surface area contributed by atoms with Crippen LogP contribution in [0, 0.1) is 0 Å². The van der Waals surface area contributed by atoms with Gasteiger partial charge >= 0.3 is 0 Å². The molecule has 62 valence electrons. The summed E-state index contributed by atoms with van der Waals surface area (Å²) in [5.74, 6) is 0.198. The smallest absolute Gasteiger partial charge is 0.190 e. The Hall–Kier alpha value is -0.680. The molecule has 0 aliphatic rings. The molecule has 1 heterocycles. The molecule has 0 spiro atoms. The zero-order valence-corrected chi connectivity index (χ0v) is 7.18. The number of nitrogens with one attached hydrogen (secondary N) is 1. The van der Waals surface area contributed by atoms with Crippen LogP contribution in [0.5, 0.6) is 0 Å². The first-order chi connectivity index (χ1) is 5.13. The second kappa shape index (κ2) is 3.15. The molecule has 11 heavy (non-hydrogen) atoms. The third-order valence-electron chi connectivity index (χ3n) is 1.40. The number of H-pyrrole nitrogens is 1. The lowest BCUT2D eigenvalue weighted by molar-refractivity contribution is 0.562. The van der Waals surface area contributed by atoms with Crippen LogP contribution in [-0.2, 0) is 11.1 Å². The SMILES string of the molecule is CC(C)c1[nH]ncc1S(=O)O. The minimum atomic E-state index is -1.92. The van der Waals surface area contributed by atoms with E-state index in [1.54, 1.807) is 0 Å². The monoisotopic (exact) mass is 174 g/mol. The Labute approximate surface area is 67.3 Å². The molecule has 1 aromatic rings. The van der Waals surface area contributed by atoms with Gasteiger partial charge in [-0.15, -0.1) is 0 Å². The predicted molar refractivity (Wildman–Crippen MR) is 41.7 cm³/mol. The fourth-order valence-electron chi connectivity index (χ4n) is 0.838. The van der Waals surface area contributed by atoms with Gasteiger partial charge in [-0.2, -0.15) is 5.10 Å². The predicted octanol–water partition coefficient (Wildman–Crippen LogP) is 1.11. The molecule has 0 saturated carbocycles. The van der Waals surface area contributed by atoms with Crippen molar-refractivity contribution >= 4 is 11.1 Å². The van der Waals surface area contributed by atoms with Crippen molar-refractivity contribution < 1.29 is 8.76 Å². The third-order valence-corrected chi connectivity index (χ3v) is 2.10. The molecule has 1 aromatic heterocycles. The van der Waals surface area contributed by atoms with Crippen molar-refractivity contribution in [1.29, 1.82) is 0 Å². The zero-order chi connectivity index (χ0) is 8.43. The topological polar surface area (TPSA) is 66.0 Å². The van der Waals surface area contributed by atoms with E-state index in [0.29, 0.717) is 4.90 Å². The molecule has 1 unspecified atom stereocenters. The maximum Gasteiger partial charge on any atom is 0.190 e. The number of rotatable bonds is 2. The molecular formula is C6H10N2O2S. The molecule has 4 nitrogen and oxygen atoms in total. The van der Waals surface area contributed by atoms with Gasteiger partial charge in [0.05, 0.1) is 11.9 Å². The first kappa shape index (κ1) is 8.42. The summed E-state index contributed by atoms with van der Waals surface area (Å²) in [6.07, 6.45) is 1.38. The number of hydrogen-bond acceptors (Lipinski definition) is 2. The van der Waals surface area contributed by atoms with Crippen molar-refractivity contribution in [1.82, 2.24) is 10.2 Å². The summed E-state index contributed by atoms with van der Waals surface area (Å²) in [7, 11) is 0. The zero-order valence-electron chi connectivity index (χ0n) is 6.37. The Balaban J connectivity index is 3.06. The lowest BCUT2D eigenvalue weighted by Crippen LogP contribution is -1.95. The molecule has 0 aromatic carbocycles. The van der Waals surface area contributed by atoms with Crippen LogP contribution < -0.4 is 0 Å². The highest BCUT2D eigenvalue weighted by Gasteiger charge is 2.12. The van der Waals surface area contributed by atoms with E-state index in [2.05, 4.69) is 10.2 Å². The van der Waals surface area contributed by atoms with Gasteiger partial charge < -0.3 is 4.55 Å². The number of nitrogens with zero attached hydrogens (tertiary/aromatic N) is 1. The van der Waals surface area contributed by atoms with Gasteiger partial charge in [0, 0.05) is 0 Å².